The van der Waals surface area contributed by atoms with Gasteiger partial charge in [-0.05, 0) is 44.2 Å². The number of rotatable bonds is 6. The largest absolute Gasteiger partial charge is 0.490 e. The zero-order valence-corrected chi connectivity index (χ0v) is 16.7. The average Bonchev–Trinajstić information content (AvgIpc) is 3.34. The fraction of sp³-hybridized carbons (Fsp3) is 0.632. The van der Waals surface area contributed by atoms with Gasteiger partial charge in [-0.1, -0.05) is 5.21 Å². The van der Waals surface area contributed by atoms with Gasteiger partial charge in [-0.2, -0.15) is 13.2 Å². The Labute approximate surface area is 171 Å². The number of aliphatic carboxylic acids is 1. The first-order chi connectivity index (χ1) is 14.2. The third-order valence-electron chi connectivity index (χ3n) is 4.84. The molecule has 0 unspecified atom stereocenters. The number of hydrogen-bond donors (Lipinski definition) is 1. The van der Waals surface area contributed by atoms with E-state index in [1.807, 2.05) is 17.7 Å². The summed E-state index contributed by atoms with van der Waals surface area (Å²) in [6.07, 6.45) is -1.37. The second-order valence-corrected chi connectivity index (χ2v) is 7.54. The number of alkyl halides is 3. The molecule has 0 saturated heterocycles. The Kier molecular flexibility index (Phi) is 7.14. The lowest BCUT2D eigenvalue weighted by Crippen LogP contribution is -2.23. The number of aryl methyl sites for hydroxylation is 2. The summed E-state index contributed by atoms with van der Waals surface area (Å²) in [4.78, 5) is 11.3. The summed E-state index contributed by atoms with van der Waals surface area (Å²) in [6, 6.07) is 4.09. The van der Waals surface area contributed by atoms with Crippen LogP contribution in [-0.2, 0) is 35.8 Å². The van der Waals surface area contributed by atoms with Crippen molar-refractivity contribution < 1.29 is 32.2 Å². The summed E-state index contributed by atoms with van der Waals surface area (Å²) in [5.41, 5.74) is 2.19. The molecule has 166 valence electrons. The lowest BCUT2D eigenvalue weighted by atomic mass is 10.3. The number of hydrogen-bond acceptors (Lipinski definition) is 6. The summed E-state index contributed by atoms with van der Waals surface area (Å²) < 4.78 is 45.3. The van der Waals surface area contributed by atoms with Crippen LogP contribution in [0.5, 0.6) is 0 Å². The van der Waals surface area contributed by atoms with E-state index in [1.54, 1.807) is 0 Å². The van der Waals surface area contributed by atoms with E-state index < -0.39 is 12.1 Å². The van der Waals surface area contributed by atoms with E-state index in [-0.39, 0.29) is 0 Å². The minimum Gasteiger partial charge on any atom is -0.475 e. The number of ether oxygens (including phenoxy) is 1. The normalized spacial score (nSPS) is 17.1. The summed E-state index contributed by atoms with van der Waals surface area (Å²) in [5, 5.41) is 15.8. The number of aromatic nitrogens is 3. The van der Waals surface area contributed by atoms with Crippen LogP contribution in [0, 0.1) is 12.8 Å². The molecule has 30 heavy (non-hydrogen) atoms. The number of halogens is 3. The Morgan fingerprint density at radius 1 is 1.33 bits per heavy atom. The molecule has 2 aromatic rings. The summed E-state index contributed by atoms with van der Waals surface area (Å²) in [7, 11) is 0. The Morgan fingerprint density at radius 2 is 2.07 bits per heavy atom. The molecule has 1 aliphatic carbocycles. The van der Waals surface area contributed by atoms with E-state index in [4.69, 9.17) is 19.1 Å². The molecule has 0 amide bonds. The first-order valence-corrected chi connectivity index (χ1v) is 9.79. The van der Waals surface area contributed by atoms with E-state index >= 15 is 0 Å². The molecule has 0 aromatic carbocycles. The fourth-order valence-electron chi connectivity index (χ4n) is 3.10. The van der Waals surface area contributed by atoms with Gasteiger partial charge in [0.25, 0.3) is 0 Å². The Bertz CT molecular complexity index is 845. The van der Waals surface area contributed by atoms with Gasteiger partial charge in [-0.25, -0.2) is 9.48 Å². The molecule has 8 nitrogen and oxygen atoms in total. The minimum atomic E-state index is -5.08. The maximum absolute atomic E-state index is 10.6. The molecule has 0 atom stereocenters. The van der Waals surface area contributed by atoms with Gasteiger partial charge in [-0.15, -0.1) is 5.10 Å². The van der Waals surface area contributed by atoms with Crippen molar-refractivity contribution in [1.82, 2.24) is 19.9 Å². The van der Waals surface area contributed by atoms with Crippen molar-refractivity contribution in [2.45, 2.75) is 58.6 Å². The van der Waals surface area contributed by atoms with Crippen molar-refractivity contribution in [3.8, 4) is 0 Å². The number of furan rings is 1. The van der Waals surface area contributed by atoms with Crippen LogP contribution in [0.2, 0.25) is 0 Å². The van der Waals surface area contributed by atoms with Crippen LogP contribution in [0.15, 0.2) is 16.5 Å². The second kappa shape index (κ2) is 9.61. The number of carboxylic acid groups (broad SMARTS) is 1. The van der Waals surface area contributed by atoms with Crippen LogP contribution in [0.1, 0.15) is 42.2 Å². The first kappa shape index (κ1) is 22.3. The zero-order chi connectivity index (χ0) is 21.7. The van der Waals surface area contributed by atoms with E-state index in [9.17, 15) is 13.2 Å². The van der Waals surface area contributed by atoms with Crippen molar-refractivity contribution in [3.05, 3.63) is 35.0 Å². The van der Waals surface area contributed by atoms with Gasteiger partial charge in [-0.3, -0.25) is 4.90 Å². The van der Waals surface area contributed by atoms with Gasteiger partial charge < -0.3 is 14.3 Å². The van der Waals surface area contributed by atoms with Crippen LogP contribution in [0.3, 0.4) is 0 Å². The van der Waals surface area contributed by atoms with Crippen LogP contribution in [-0.4, -0.2) is 50.3 Å². The average molecular weight is 430 g/mol. The van der Waals surface area contributed by atoms with Crippen LogP contribution in [0.25, 0.3) is 0 Å². The second-order valence-electron chi connectivity index (χ2n) is 7.54. The molecule has 2 aromatic heterocycles. The van der Waals surface area contributed by atoms with E-state index in [1.165, 1.54) is 18.5 Å². The predicted molar refractivity (Wildman–Crippen MR) is 98.3 cm³/mol. The highest BCUT2D eigenvalue weighted by molar-refractivity contribution is 5.73. The van der Waals surface area contributed by atoms with Gasteiger partial charge >= 0.3 is 12.1 Å². The third kappa shape index (κ3) is 6.56. The molecule has 3 heterocycles. The van der Waals surface area contributed by atoms with Gasteiger partial charge in [0.1, 0.15) is 17.2 Å². The molecule has 11 heteroatoms. The zero-order valence-electron chi connectivity index (χ0n) is 16.7. The Morgan fingerprint density at radius 3 is 2.67 bits per heavy atom. The fourth-order valence-corrected chi connectivity index (χ4v) is 3.10. The molecule has 2 aliphatic rings. The molecule has 1 aliphatic heterocycles. The van der Waals surface area contributed by atoms with E-state index in [0.717, 1.165) is 62.3 Å². The predicted octanol–water partition coefficient (Wildman–Crippen LogP) is 3.15. The highest BCUT2D eigenvalue weighted by atomic mass is 19.4. The summed E-state index contributed by atoms with van der Waals surface area (Å²) >= 11 is 0. The molecule has 4 rings (SSSR count). The Hall–Kier alpha value is -2.40. The minimum absolute atomic E-state index is 0.583. The number of fused-ring (bicyclic) bond motifs is 1. The third-order valence-corrected chi connectivity index (χ3v) is 4.84. The molecule has 1 fully saturated rings. The number of carbonyl (C=O) groups is 1. The number of carboxylic acids is 1. The van der Waals surface area contributed by atoms with Crippen LogP contribution < -0.4 is 0 Å². The van der Waals surface area contributed by atoms with E-state index in [2.05, 4.69) is 21.3 Å². The lowest BCUT2D eigenvalue weighted by Gasteiger charge is -2.18. The smallest absolute Gasteiger partial charge is 0.475 e. The van der Waals surface area contributed by atoms with Crippen LogP contribution >= 0.6 is 0 Å². The molecular formula is C19H25F3N4O4. The van der Waals surface area contributed by atoms with Crippen molar-refractivity contribution in [2.24, 2.45) is 5.92 Å². The summed E-state index contributed by atoms with van der Waals surface area (Å²) in [6.45, 7) is 7.10. The maximum atomic E-state index is 10.6. The lowest BCUT2D eigenvalue weighted by molar-refractivity contribution is -0.192. The topological polar surface area (TPSA) is 93.6 Å². The first-order valence-electron chi connectivity index (χ1n) is 9.79. The highest BCUT2D eigenvalue weighted by Crippen LogP contribution is 2.29. The van der Waals surface area contributed by atoms with Crippen molar-refractivity contribution in [2.75, 3.05) is 13.2 Å². The molecule has 0 radical (unpaired) electrons. The standard InChI is InChI=1S/C17H24N4O2.C2HF3O2/c1-13-3-6-15(23-13)9-20-7-2-8-21-17(10-20)16(18-19-21)12-22-11-14-4-5-14;3-2(4,5)1(6)7/h3,6,14H,2,4-5,7-12H2,1H3;(H,6,7). The molecule has 0 bridgehead atoms. The summed E-state index contributed by atoms with van der Waals surface area (Å²) in [5.74, 6) is 0.0148. The Balaban J connectivity index is 0.000000318. The van der Waals surface area contributed by atoms with Crippen molar-refractivity contribution in [3.63, 3.8) is 0 Å². The SMILES string of the molecule is Cc1ccc(CN2CCCn3nnc(COCC4CC4)c3C2)o1.O=C(O)C(F)(F)F. The van der Waals surface area contributed by atoms with Gasteiger partial charge in [0.05, 0.1) is 18.8 Å². The van der Waals surface area contributed by atoms with Crippen molar-refractivity contribution >= 4 is 5.97 Å². The number of nitrogens with zero attached hydrogens (tertiary/aromatic N) is 4. The highest BCUT2D eigenvalue weighted by Gasteiger charge is 2.38. The van der Waals surface area contributed by atoms with Gasteiger partial charge in [0.2, 0.25) is 0 Å². The van der Waals surface area contributed by atoms with Gasteiger partial charge in [0, 0.05) is 26.2 Å². The molecule has 1 saturated carbocycles. The maximum Gasteiger partial charge on any atom is 0.490 e. The van der Waals surface area contributed by atoms with Crippen molar-refractivity contribution in [1.29, 1.82) is 0 Å². The monoisotopic (exact) mass is 430 g/mol. The quantitative estimate of drug-likeness (QED) is 0.752. The molecular weight excluding hydrogens is 405 g/mol. The van der Waals surface area contributed by atoms with E-state index in [0.29, 0.717) is 6.61 Å². The molecule has 0 spiro atoms. The van der Waals surface area contributed by atoms with Crippen LogP contribution in [0.4, 0.5) is 13.2 Å². The van der Waals surface area contributed by atoms with Gasteiger partial charge in [0.15, 0.2) is 0 Å². The molecule has 1 N–H and O–H groups in total.